The molecular weight excluding hydrogens is 140 g/mol. The first-order valence-corrected chi connectivity index (χ1v) is 4.35. The van der Waals surface area contributed by atoms with Gasteiger partial charge in [-0.15, -0.1) is 0 Å². The van der Waals surface area contributed by atoms with Crippen molar-refractivity contribution in [3.63, 3.8) is 0 Å². The van der Waals surface area contributed by atoms with E-state index in [1.54, 1.807) is 5.57 Å². The highest BCUT2D eigenvalue weighted by Crippen LogP contribution is 2.52. The van der Waals surface area contributed by atoms with Crippen molar-refractivity contribution in [3.8, 4) is 0 Å². The number of fused-ring (bicyclic) bond motifs is 5. The van der Waals surface area contributed by atoms with Gasteiger partial charge in [0, 0.05) is 11.8 Å². The van der Waals surface area contributed by atoms with Gasteiger partial charge in [0.05, 0.1) is 6.61 Å². The first kappa shape index (κ1) is 6.21. The van der Waals surface area contributed by atoms with Crippen LogP contribution in [0.25, 0.3) is 0 Å². The molecule has 1 saturated carbocycles. The molecular formula is C9H12O2. The molecule has 0 aromatic rings. The Kier molecular flexibility index (Phi) is 1.06. The summed E-state index contributed by atoms with van der Waals surface area (Å²) >= 11 is 0. The number of rotatable bonds is 0. The van der Waals surface area contributed by atoms with Crippen molar-refractivity contribution in [1.29, 1.82) is 0 Å². The second-order valence-electron chi connectivity index (χ2n) is 3.89. The maximum absolute atomic E-state index is 9.47. The van der Waals surface area contributed by atoms with E-state index in [0.717, 1.165) is 6.61 Å². The average Bonchev–Trinajstić information content (AvgIpc) is 2.60. The van der Waals surface area contributed by atoms with Gasteiger partial charge in [0.15, 0.2) is 6.29 Å². The lowest BCUT2D eigenvalue weighted by Gasteiger charge is -2.20. The molecule has 2 heteroatoms. The standard InChI is InChI=1S/C9H12O2/c10-9-8-6-2-1-5(3-6)7(8)4-11-9/h1,6-10H,2-4H2. The van der Waals surface area contributed by atoms with Crippen molar-refractivity contribution in [3.05, 3.63) is 11.6 Å². The Morgan fingerprint density at radius 3 is 3.27 bits per heavy atom. The van der Waals surface area contributed by atoms with Gasteiger partial charge in [-0.3, -0.25) is 0 Å². The highest BCUT2D eigenvalue weighted by Gasteiger charge is 2.50. The smallest absolute Gasteiger partial charge is 0.158 e. The zero-order valence-electron chi connectivity index (χ0n) is 6.36. The van der Waals surface area contributed by atoms with Gasteiger partial charge in [-0.25, -0.2) is 0 Å². The minimum absolute atomic E-state index is 0.440. The molecule has 0 amide bonds. The van der Waals surface area contributed by atoms with Crippen LogP contribution in [0, 0.1) is 17.8 Å². The number of ether oxygens (including phenoxy) is 1. The Morgan fingerprint density at radius 1 is 1.55 bits per heavy atom. The quantitative estimate of drug-likeness (QED) is 0.523. The molecule has 1 aliphatic heterocycles. The van der Waals surface area contributed by atoms with E-state index >= 15 is 0 Å². The van der Waals surface area contributed by atoms with Crippen molar-refractivity contribution in [2.75, 3.05) is 6.61 Å². The minimum atomic E-state index is -0.462. The third-order valence-corrected chi connectivity index (χ3v) is 3.44. The van der Waals surface area contributed by atoms with Crippen LogP contribution in [0.1, 0.15) is 12.8 Å². The van der Waals surface area contributed by atoms with E-state index < -0.39 is 6.29 Å². The summed E-state index contributed by atoms with van der Waals surface area (Å²) < 4.78 is 5.22. The van der Waals surface area contributed by atoms with Crippen LogP contribution in [0.4, 0.5) is 0 Å². The Hall–Kier alpha value is -0.340. The monoisotopic (exact) mass is 152 g/mol. The number of hydrogen-bond acceptors (Lipinski definition) is 2. The van der Waals surface area contributed by atoms with Crippen LogP contribution in [0.15, 0.2) is 11.6 Å². The number of hydrogen-bond donors (Lipinski definition) is 1. The van der Waals surface area contributed by atoms with Crippen molar-refractivity contribution < 1.29 is 9.84 Å². The number of aliphatic hydroxyl groups excluding tert-OH is 1. The molecule has 0 spiro atoms. The topological polar surface area (TPSA) is 29.5 Å². The Bertz CT molecular complexity index is 222. The molecule has 1 heterocycles. The van der Waals surface area contributed by atoms with Crippen LogP contribution in [-0.4, -0.2) is 18.0 Å². The third-order valence-electron chi connectivity index (χ3n) is 3.44. The minimum Gasteiger partial charge on any atom is -0.368 e. The van der Waals surface area contributed by atoms with Crippen molar-refractivity contribution in [2.24, 2.45) is 17.8 Å². The molecule has 4 unspecified atom stereocenters. The van der Waals surface area contributed by atoms with Gasteiger partial charge in [0.2, 0.25) is 0 Å². The average molecular weight is 152 g/mol. The molecule has 3 aliphatic rings. The molecule has 11 heavy (non-hydrogen) atoms. The summed E-state index contributed by atoms with van der Waals surface area (Å²) in [6, 6.07) is 0. The molecule has 2 fully saturated rings. The van der Waals surface area contributed by atoms with E-state index in [2.05, 4.69) is 6.08 Å². The third kappa shape index (κ3) is 0.644. The maximum atomic E-state index is 9.47. The van der Waals surface area contributed by atoms with E-state index in [9.17, 15) is 5.11 Å². The number of allylic oxidation sites excluding steroid dienone is 1. The SMILES string of the molecule is OC1OCC2C3=CCC(C3)C12. The lowest BCUT2D eigenvalue weighted by molar-refractivity contribution is -0.0913. The van der Waals surface area contributed by atoms with Crippen molar-refractivity contribution >= 4 is 0 Å². The van der Waals surface area contributed by atoms with E-state index in [-0.39, 0.29) is 0 Å². The van der Waals surface area contributed by atoms with Crippen LogP contribution in [0.3, 0.4) is 0 Å². The Balaban J connectivity index is 1.99. The van der Waals surface area contributed by atoms with Crippen LogP contribution in [0.2, 0.25) is 0 Å². The first-order valence-electron chi connectivity index (χ1n) is 4.35. The van der Waals surface area contributed by atoms with E-state index in [4.69, 9.17) is 4.74 Å². The fourth-order valence-corrected chi connectivity index (χ4v) is 2.91. The van der Waals surface area contributed by atoms with Crippen LogP contribution in [0.5, 0.6) is 0 Å². The molecule has 1 saturated heterocycles. The summed E-state index contributed by atoms with van der Waals surface area (Å²) in [5.41, 5.74) is 1.55. The normalized spacial score (nSPS) is 53.0. The van der Waals surface area contributed by atoms with Gasteiger partial charge >= 0.3 is 0 Å². The largest absolute Gasteiger partial charge is 0.368 e. The van der Waals surface area contributed by atoms with Gasteiger partial charge in [-0.05, 0) is 18.8 Å². The Morgan fingerprint density at radius 2 is 2.45 bits per heavy atom. The molecule has 0 radical (unpaired) electrons. The van der Waals surface area contributed by atoms with Gasteiger partial charge in [-0.1, -0.05) is 11.6 Å². The van der Waals surface area contributed by atoms with Gasteiger partial charge in [0.25, 0.3) is 0 Å². The van der Waals surface area contributed by atoms with Gasteiger partial charge in [0.1, 0.15) is 0 Å². The molecule has 4 atom stereocenters. The van der Waals surface area contributed by atoms with Crippen LogP contribution in [-0.2, 0) is 4.74 Å². The summed E-state index contributed by atoms with van der Waals surface area (Å²) in [7, 11) is 0. The summed E-state index contributed by atoms with van der Waals surface area (Å²) in [4.78, 5) is 0. The highest BCUT2D eigenvalue weighted by molar-refractivity contribution is 5.24. The fraction of sp³-hybridized carbons (Fsp3) is 0.778. The second-order valence-corrected chi connectivity index (χ2v) is 3.89. The molecule has 3 rings (SSSR count). The summed E-state index contributed by atoms with van der Waals surface area (Å²) in [5, 5.41) is 9.47. The first-order chi connectivity index (χ1) is 5.36. The molecule has 0 aromatic carbocycles. The summed E-state index contributed by atoms with van der Waals surface area (Å²) in [6.45, 7) is 0.758. The molecule has 2 bridgehead atoms. The lowest BCUT2D eigenvalue weighted by atomic mass is 9.85. The zero-order valence-corrected chi connectivity index (χ0v) is 6.36. The van der Waals surface area contributed by atoms with E-state index in [1.807, 2.05) is 0 Å². The van der Waals surface area contributed by atoms with E-state index in [0.29, 0.717) is 17.8 Å². The van der Waals surface area contributed by atoms with E-state index in [1.165, 1.54) is 12.8 Å². The highest BCUT2D eigenvalue weighted by atomic mass is 16.6. The second kappa shape index (κ2) is 1.87. The fourth-order valence-electron chi connectivity index (χ4n) is 2.91. The summed E-state index contributed by atoms with van der Waals surface area (Å²) in [6.07, 6.45) is 4.29. The predicted molar refractivity (Wildman–Crippen MR) is 39.7 cm³/mol. The van der Waals surface area contributed by atoms with Crippen LogP contribution >= 0.6 is 0 Å². The summed E-state index contributed by atoms with van der Waals surface area (Å²) in [5.74, 6) is 1.71. The van der Waals surface area contributed by atoms with Crippen LogP contribution < -0.4 is 0 Å². The molecule has 60 valence electrons. The van der Waals surface area contributed by atoms with Crippen molar-refractivity contribution in [2.45, 2.75) is 19.1 Å². The molecule has 2 aliphatic carbocycles. The molecule has 2 nitrogen and oxygen atoms in total. The molecule has 0 aromatic heterocycles. The number of aliphatic hydroxyl groups is 1. The Labute approximate surface area is 65.9 Å². The van der Waals surface area contributed by atoms with Gasteiger partial charge < -0.3 is 9.84 Å². The lowest BCUT2D eigenvalue weighted by Crippen LogP contribution is -2.23. The molecule has 1 N–H and O–H groups in total. The zero-order chi connectivity index (χ0) is 7.42. The van der Waals surface area contributed by atoms with Crippen molar-refractivity contribution in [1.82, 2.24) is 0 Å². The maximum Gasteiger partial charge on any atom is 0.158 e. The predicted octanol–water partition coefficient (Wildman–Crippen LogP) is 0.917. The van der Waals surface area contributed by atoms with Gasteiger partial charge in [-0.2, -0.15) is 0 Å².